The number of nitrogens with one attached hydrogen (secondary N) is 2. The fourth-order valence-corrected chi connectivity index (χ4v) is 3.24. The van der Waals surface area contributed by atoms with Gasteiger partial charge in [-0.05, 0) is 37.8 Å². The maximum atomic E-state index is 12.2. The lowest BCUT2D eigenvalue weighted by atomic mass is 9.82. The van der Waals surface area contributed by atoms with Crippen LogP contribution < -0.4 is 10.6 Å². The van der Waals surface area contributed by atoms with Crippen molar-refractivity contribution in [1.29, 1.82) is 0 Å². The standard InChI is InChI=1S/C14H22N2O3/c1-2-15-6-3-7-16-13(17)11-9-4-5-10(8-9)12(11)14(18)19/h4-5,9-12,15H,2-3,6-8H2,1H3,(H,16,17)(H,18,19)/t9?,10?,11-,12+/m0/s1. The monoisotopic (exact) mass is 266 g/mol. The largest absolute Gasteiger partial charge is 0.481 e. The molecule has 0 saturated heterocycles. The number of carboxylic acids is 1. The molecular weight excluding hydrogens is 244 g/mol. The highest BCUT2D eigenvalue weighted by Crippen LogP contribution is 2.48. The first kappa shape index (κ1) is 14.1. The summed E-state index contributed by atoms with van der Waals surface area (Å²) < 4.78 is 0. The van der Waals surface area contributed by atoms with Crippen LogP contribution in [0.25, 0.3) is 0 Å². The van der Waals surface area contributed by atoms with Crippen LogP contribution in [0.5, 0.6) is 0 Å². The second-order valence-electron chi connectivity index (χ2n) is 5.34. The molecule has 3 N–H and O–H groups in total. The Bertz CT molecular complexity index is 381. The molecule has 1 fully saturated rings. The molecule has 2 unspecified atom stereocenters. The van der Waals surface area contributed by atoms with Gasteiger partial charge in [0.05, 0.1) is 11.8 Å². The summed E-state index contributed by atoms with van der Waals surface area (Å²) in [7, 11) is 0. The summed E-state index contributed by atoms with van der Waals surface area (Å²) in [5.41, 5.74) is 0. The predicted octanol–water partition coefficient (Wildman–Crippen LogP) is 0.625. The van der Waals surface area contributed by atoms with E-state index in [1.165, 1.54) is 0 Å². The van der Waals surface area contributed by atoms with Gasteiger partial charge in [-0.2, -0.15) is 0 Å². The van der Waals surface area contributed by atoms with E-state index in [1.54, 1.807) is 0 Å². The van der Waals surface area contributed by atoms with Crippen molar-refractivity contribution in [3.63, 3.8) is 0 Å². The van der Waals surface area contributed by atoms with Crippen LogP contribution in [-0.4, -0.2) is 36.6 Å². The molecule has 2 aliphatic carbocycles. The van der Waals surface area contributed by atoms with Gasteiger partial charge in [-0.3, -0.25) is 9.59 Å². The number of amides is 1. The average molecular weight is 266 g/mol. The lowest BCUT2D eigenvalue weighted by molar-refractivity contribution is -0.147. The third kappa shape index (κ3) is 2.97. The Kier molecular flexibility index (Phi) is 4.58. The third-order valence-corrected chi connectivity index (χ3v) is 4.13. The molecule has 106 valence electrons. The number of carbonyl (C=O) groups excluding carboxylic acids is 1. The van der Waals surface area contributed by atoms with Crippen molar-refractivity contribution in [2.75, 3.05) is 19.6 Å². The molecule has 4 atom stereocenters. The first-order valence-electron chi connectivity index (χ1n) is 7.04. The molecule has 2 rings (SSSR count). The smallest absolute Gasteiger partial charge is 0.307 e. The zero-order valence-electron chi connectivity index (χ0n) is 11.3. The summed E-state index contributed by atoms with van der Waals surface area (Å²) in [5, 5.41) is 15.3. The molecule has 1 saturated carbocycles. The van der Waals surface area contributed by atoms with Gasteiger partial charge >= 0.3 is 5.97 Å². The van der Waals surface area contributed by atoms with Gasteiger partial charge in [0.25, 0.3) is 0 Å². The number of carbonyl (C=O) groups is 2. The number of aliphatic carboxylic acids is 1. The predicted molar refractivity (Wildman–Crippen MR) is 71.5 cm³/mol. The summed E-state index contributed by atoms with van der Waals surface area (Å²) in [6.45, 7) is 4.44. The number of hydrogen-bond acceptors (Lipinski definition) is 3. The second-order valence-corrected chi connectivity index (χ2v) is 5.34. The molecule has 0 radical (unpaired) electrons. The molecule has 0 heterocycles. The molecule has 2 aliphatic rings. The van der Waals surface area contributed by atoms with Crippen LogP contribution in [0.15, 0.2) is 12.2 Å². The number of fused-ring (bicyclic) bond motifs is 2. The SMILES string of the molecule is CCNCCCNC(=O)[C@H]1C2C=CC(C2)[C@H]1C(=O)O. The van der Waals surface area contributed by atoms with Crippen molar-refractivity contribution in [3.8, 4) is 0 Å². The first-order valence-corrected chi connectivity index (χ1v) is 7.04. The fourth-order valence-electron chi connectivity index (χ4n) is 3.24. The van der Waals surface area contributed by atoms with Gasteiger partial charge in [-0.25, -0.2) is 0 Å². The topological polar surface area (TPSA) is 78.4 Å². The molecule has 0 aromatic heterocycles. The van der Waals surface area contributed by atoms with Gasteiger partial charge in [0.1, 0.15) is 0 Å². The van der Waals surface area contributed by atoms with Gasteiger partial charge in [0.2, 0.25) is 5.91 Å². The molecule has 0 spiro atoms. The van der Waals surface area contributed by atoms with Crippen LogP contribution in [0.1, 0.15) is 19.8 Å². The highest BCUT2D eigenvalue weighted by molar-refractivity contribution is 5.86. The van der Waals surface area contributed by atoms with Crippen LogP contribution in [0.2, 0.25) is 0 Å². The highest BCUT2D eigenvalue weighted by atomic mass is 16.4. The highest BCUT2D eigenvalue weighted by Gasteiger charge is 2.51. The minimum Gasteiger partial charge on any atom is -0.481 e. The van der Waals surface area contributed by atoms with Gasteiger partial charge < -0.3 is 15.7 Å². The molecule has 0 aliphatic heterocycles. The van der Waals surface area contributed by atoms with Crippen molar-refractivity contribution < 1.29 is 14.7 Å². The van der Waals surface area contributed by atoms with E-state index in [4.69, 9.17) is 0 Å². The molecule has 0 aromatic rings. The first-order chi connectivity index (χ1) is 9.15. The molecule has 19 heavy (non-hydrogen) atoms. The van der Waals surface area contributed by atoms with Gasteiger partial charge in [0.15, 0.2) is 0 Å². The lowest BCUT2D eigenvalue weighted by Gasteiger charge is -2.23. The van der Waals surface area contributed by atoms with Crippen molar-refractivity contribution in [2.24, 2.45) is 23.7 Å². The Morgan fingerprint density at radius 2 is 1.89 bits per heavy atom. The Balaban J connectivity index is 1.84. The molecule has 5 heteroatoms. The van der Waals surface area contributed by atoms with Crippen molar-refractivity contribution in [2.45, 2.75) is 19.8 Å². The minimum atomic E-state index is -0.843. The zero-order valence-corrected chi connectivity index (χ0v) is 11.3. The Morgan fingerprint density at radius 3 is 2.53 bits per heavy atom. The van der Waals surface area contributed by atoms with Gasteiger partial charge in [-0.15, -0.1) is 0 Å². The summed E-state index contributed by atoms with van der Waals surface area (Å²) in [6.07, 6.45) is 5.64. The molecular formula is C14H22N2O3. The van der Waals surface area contributed by atoms with Crippen molar-refractivity contribution in [1.82, 2.24) is 10.6 Å². The lowest BCUT2D eigenvalue weighted by Crippen LogP contribution is -2.40. The summed E-state index contributed by atoms with van der Waals surface area (Å²) in [6, 6.07) is 0. The van der Waals surface area contributed by atoms with Crippen molar-refractivity contribution in [3.05, 3.63) is 12.2 Å². The van der Waals surface area contributed by atoms with E-state index in [-0.39, 0.29) is 23.7 Å². The molecule has 2 bridgehead atoms. The Hall–Kier alpha value is -1.36. The van der Waals surface area contributed by atoms with E-state index in [9.17, 15) is 14.7 Å². The maximum absolute atomic E-state index is 12.2. The molecule has 5 nitrogen and oxygen atoms in total. The number of hydrogen-bond donors (Lipinski definition) is 3. The number of rotatable bonds is 7. The number of carboxylic acid groups (broad SMARTS) is 1. The van der Waals surface area contributed by atoms with Gasteiger partial charge in [0, 0.05) is 6.54 Å². The van der Waals surface area contributed by atoms with Crippen molar-refractivity contribution >= 4 is 11.9 Å². The van der Waals surface area contributed by atoms with Gasteiger partial charge in [-0.1, -0.05) is 19.1 Å². The van der Waals surface area contributed by atoms with Crippen LogP contribution in [0, 0.1) is 23.7 Å². The number of allylic oxidation sites excluding steroid dienone is 2. The van der Waals surface area contributed by atoms with E-state index in [1.807, 2.05) is 19.1 Å². The Morgan fingerprint density at radius 1 is 1.21 bits per heavy atom. The van der Waals surface area contributed by atoms with E-state index in [2.05, 4.69) is 10.6 Å². The summed E-state index contributed by atoms with van der Waals surface area (Å²) in [5.74, 6) is -1.71. The maximum Gasteiger partial charge on any atom is 0.307 e. The van der Waals surface area contributed by atoms with Crippen LogP contribution in [0.3, 0.4) is 0 Å². The van der Waals surface area contributed by atoms with Crippen LogP contribution in [-0.2, 0) is 9.59 Å². The minimum absolute atomic E-state index is 0.0417. The quantitative estimate of drug-likeness (QED) is 0.466. The van der Waals surface area contributed by atoms with Crippen LogP contribution in [0.4, 0.5) is 0 Å². The van der Waals surface area contributed by atoms with E-state index in [0.717, 1.165) is 25.9 Å². The second kappa shape index (κ2) is 6.19. The zero-order chi connectivity index (χ0) is 13.8. The van der Waals surface area contributed by atoms with E-state index < -0.39 is 11.9 Å². The summed E-state index contributed by atoms with van der Waals surface area (Å²) in [4.78, 5) is 23.5. The molecule has 1 amide bonds. The fraction of sp³-hybridized carbons (Fsp3) is 0.714. The summed E-state index contributed by atoms with van der Waals surface area (Å²) >= 11 is 0. The van der Waals surface area contributed by atoms with E-state index >= 15 is 0 Å². The third-order valence-electron chi connectivity index (χ3n) is 4.13. The van der Waals surface area contributed by atoms with E-state index in [0.29, 0.717) is 6.54 Å². The van der Waals surface area contributed by atoms with Crippen LogP contribution >= 0.6 is 0 Å². The Labute approximate surface area is 113 Å². The normalized spacial score (nSPS) is 31.6. The molecule has 0 aromatic carbocycles. The average Bonchev–Trinajstić information content (AvgIpc) is 2.98.